The van der Waals surface area contributed by atoms with E-state index in [1.165, 1.54) is 18.3 Å². The van der Waals surface area contributed by atoms with Gasteiger partial charge in [0.15, 0.2) is 0 Å². The quantitative estimate of drug-likeness (QED) is 0.717. The van der Waals surface area contributed by atoms with Gasteiger partial charge < -0.3 is 15.0 Å². The first-order valence-corrected chi connectivity index (χ1v) is 10.2. The second-order valence-corrected chi connectivity index (χ2v) is 8.10. The molecule has 3 rings (SSSR count). The van der Waals surface area contributed by atoms with Gasteiger partial charge in [-0.3, -0.25) is 9.59 Å². The fourth-order valence-corrected chi connectivity index (χ4v) is 4.63. The van der Waals surface area contributed by atoms with E-state index in [0.717, 1.165) is 14.9 Å². The normalized spacial score (nSPS) is 13.1. The molecule has 8 heteroatoms. The molecule has 1 aromatic heterocycles. The number of thiophene rings is 1. The van der Waals surface area contributed by atoms with Gasteiger partial charge in [0.1, 0.15) is 5.00 Å². The number of halogens is 1. The molecule has 0 fully saturated rings. The lowest BCUT2D eigenvalue weighted by molar-refractivity contribution is -0.129. The van der Waals surface area contributed by atoms with Gasteiger partial charge in [-0.05, 0) is 37.1 Å². The van der Waals surface area contributed by atoms with Crippen LogP contribution in [-0.4, -0.2) is 35.8 Å². The number of ether oxygens (including phenoxy) is 1. The molecule has 1 aliphatic heterocycles. The van der Waals surface area contributed by atoms with Crippen molar-refractivity contribution in [1.29, 1.82) is 0 Å². The van der Waals surface area contributed by atoms with Gasteiger partial charge in [0.25, 0.3) is 5.91 Å². The van der Waals surface area contributed by atoms with Crippen LogP contribution >= 0.6 is 27.3 Å². The molecule has 6 nitrogen and oxygen atoms in total. The van der Waals surface area contributed by atoms with E-state index in [9.17, 15) is 14.4 Å². The van der Waals surface area contributed by atoms with Gasteiger partial charge in [-0.2, -0.15) is 0 Å². The lowest BCUT2D eigenvalue weighted by Gasteiger charge is -2.25. The van der Waals surface area contributed by atoms with E-state index in [1.807, 2.05) is 6.07 Å². The minimum absolute atomic E-state index is 0.00791. The third-order valence-electron chi connectivity index (χ3n) is 4.30. The Morgan fingerprint density at radius 2 is 2.11 bits per heavy atom. The molecule has 27 heavy (non-hydrogen) atoms. The Balaban J connectivity index is 1.95. The topological polar surface area (TPSA) is 75.7 Å². The Hall–Kier alpha value is -2.19. The predicted molar refractivity (Wildman–Crippen MR) is 107 cm³/mol. The van der Waals surface area contributed by atoms with Gasteiger partial charge in [-0.25, -0.2) is 4.79 Å². The molecule has 1 aromatic carbocycles. The number of esters is 1. The summed E-state index contributed by atoms with van der Waals surface area (Å²) < 4.78 is 6.00. The lowest BCUT2D eigenvalue weighted by atomic mass is 10.0. The Morgan fingerprint density at radius 3 is 2.78 bits per heavy atom. The van der Waals surface area contributed by atoms with E-state index in [0.29, 0.717) is 35.6 Å². The Labute approximate surface area is 169 Å². The Kier molecular flexibility index (Phi) is 5.96. The minimum atomic E-state index is -0.448. The zero-order chi connectivity index (χ0) is 19.6. The molecule has 0 aliphatic carbocycles. The molecule has 0 saturated carbocycles. The van der Waals surface area contributed by atoms with Crippen LogP contribution in [0, 0.1) is 0 Å². The summed E-state index contributed by atoms with van der Waals surface area (Å²) >= 11 is 4.68. The van der Waals surface area contributed by atoms with Crippen LogP contribution in [0.3, 0.4) is 0 Å². The second kappa shape index (κ2) is 8.22. The maximum Gasteiger partial charge on any atom is 0.341 e. The zero-order valence-corrected chi connectivity index (χ0v) is 17.4. The highest BCUT2D eigenvalue weighted by Gasteiger charge is 2.30. The van der Waals surface area contributed by atoms with Gasteiger partial charge in [-0.15, -0.1) is 11.3 Å². The van der Waals surface area contributed by atoms with Crippen molar-refractivity contribution >= 4 is 50.1 Å². The molecule has 2 aromatic rings. The molecule has 0 bridgehead atoms. The van der Waals surface area contributed by atoms with Crippen LogP contribution in [0.4, 0.5) is 5.00 Å². The van der Waals surface area contributed by atoms with Crippen molar-refractivity contribution in [3.05, 3.63) is 50.3 Å². The minimum Gasteiger partial charge on any atom is -0.462 e. The molecule has 1 aliphatic rings. The van der Waals surface area contributed by atoms with Crippen molar-refractivity contribution < 1.29 is 19.1 Å². The summed E-state index contributed by atoms with van der Waals surface area (Å²) in [5.41, 5.74) is 1.75. The van der Waals surface area contributed by atoms with Crippen LogP contribution in [0.5, 0.6) is 0 Å². The van der Waals surface area contributed by atoms with E-state index in [4.69, 9.17) is 4.74 Å². The maximum atomic E-state index is 12.6. The van der Waals surface area contributed by atoms with Crippen molar-refractivity contribution in [1.82, 2.24) is 4.90 Å². The first-order valence-electron chi connectivity index (χ1n) is 8.54. The number of hydrogen-bond donors (Lipinski definition) is 1. The van der Waals surface area contributed by atoms with Gasteiger partial charge in [0.2, 0.25) is 5.91 Å². The number of hydrogen-bond acceptors (Lipinski definition) is 5. The largest absolute Gasteiger partial charge is 0.462 e. The highest BCUT2D eigenvalue weighted by Crippen LogP contribution is 2.38. The Bertz CT molecular complexity index is 909. The number of benzene rings is 1. The lowest BCUT2D eigenvalue weighted by Crippen LogP contribution is -2.34. The summed E-state index contributed by atoms with van der Waals surface area (Å²) in [4.78, 5) is 39.5. The summed E-state index contributed by atoms with van der Waals surface area (Å²) in [5, 5.41) is 3.32. The number of carbonyl (C=O) groups is 3. The number of fused-ring (bicyclic) bond motifs is 1. The first-order chi connectivity index (χ1) is 12.9. The zero-order valence-electron chi connectivity index (χ0n) is 15.0. The fourth-order valence-electron chi connectivity index (χ4n) is 2.98. The van der Waals surface area contributed by atoms with E-state index in [-0.39, 0.29) is 18.4 Å². The van der Waals surface area contributed by atoms with Gasteiger partial charge in [0.05, 0.1) is 18.7 Å². The van der Waals surface area contributed by atoms with Gasteiger partial charge in [-0.1, -0.05) is 22.0 Å². The maximum absolute atomic E-state index is 12.6. The van der Waals surface area contributed by atoms with Crippen molar-refractivity contribution in [3.8, 4) is 0 Å². The molecular formula is C19H19BrN2O4S. The van der Waals surface area contributed by atoms with Crippen molar-refractivity contribution in [2.24, 2.45) is 0 Å². The van der Waals surface area contributed by atoms with Crippen LogP contribution in [0.1, 0.15) is 45.0 Å². The molecular weight excluding hydrogens is 432 g/mol. The van der Waals surface area contributed by atoms with Gasteiger partial charge >= 0.3 is 5.97 Å². The van der Waals surface area contributed by atoms with E-state index < -0.39 is 5.97 Å². The van der Waals surface area contributed by atoms with Crippen LogP contribution in [0.25, 0.3) is 0 Å². The second-order valence-electron chi connectivity index (χ2n) is 6.08. The SMILES string of the molecule is CCOC(=O)c1c(NC(=O)c2cccc(Br)c2)sc2c1CCN(C(C)=O)C2. The highest BCUT2D eigenvalue weighted by atomic mass is 79.9. The number of anilines is 1. The van der Waals surface area contributed by atoms with Crippen LogP contribution < -0.4 is 5.32 Å². The third-order valence-corrected chi connectivity index (χ3v) is 5.92. The first kappa shape index (κ1) is 19.6. The number of amides is 2. The molecule has 142 valence electrons. The summed E-state index contributed by atoms with van der Waals surface area (Å²) in [5.74, 6) is -0.758. The van der Waals surface area contributed by atoms with E-state index >= 15 is 0 Å². The molecule has 1 N–H and O–H groups in total. The molecule has 0 atom stereocenters. The summed E-state index contributed by atoms with van der Waals surface area (Å²) in [6.07, 6.45) is 0.562. The molecule has 2 amide bonds. The monoisotopic (exact) mass is 450 g/mol. The molecule has 0 spiro atoms. The number of nitrogens with zero attached hydrogens (tertiary/aromatic N) is 1. The number of rotatable bonds is 4. The highest BCUT2D eigenvalue weighted by molar-refractivity contribution is 9.10. The molecule has 0 radical (unpaired) electrons. The summed E-state index contributed by atoms with van der Waals surface area (Å²) in [7, 11) is 0. The summed E-state index contributed by atoms with van der Waals surface area (Å²) in [6.45, 7) is 4.51. The van der Waals surface area contributed by atoms with Crippen molar-refractivity contribution in [2.75, 3.05) is 18.5 Å². The fraction of sp³-hybridized carbons (Fsp3) is 0.316. The smallest absolute Gasteiger partial charge is 0.341 e. The van der Waals surface area contributed by atoms with Crippen molar-refractivity contribution in [3.63, 3.8) is 0 Å². The molecule has 0 saturated heterocycles. The molecule has 0 unspecified atom stereocenters. The van der Waals surface area contributed by atoms with Crippen LogP contribution in [0.2, 0.25) is 0 Å². The predicted octanol–water partition coefficient (Wildman–Crippen LogP) is 3.84. The van der Waals surface area contributed by atoms with E-state index in [2.05, 4.69) is 21.2 Å². The van der Waals surface area contributed by atoms with E-state index in [1.54, 1.807) is 30.0 Å². The van der Waals surface area contributed by atoms with Crippen molar-refractivity contribution in [2.45, 2.75) is 26.8 Å². The average Bonchev–Trinajstić information content (AvgIpc) is 2.98. The van der Waals surface area contributed by atoms with Crippen LogP contribution in [0.15, 0.2) is 28.7 Å². The van der Waals surface area contributed by atoms with Crippen LogP contribution in [-0.2, 0) is 22.5 Å². The summed E-state index contributed by atoms with van der Waals surface area (Å²) in [6, 6.07) is 7.02. The van der Waals surface area contributed by atoms with Gasteiger partial charge in [0, 0.05) is 28.4 Å². The average molecular weight is 451 g/mol. The third kappa shape index (κ3) is 4.22. The number of carbonyl (C=O) groups excluding carboxylic acids is 3. The standard InChI is InChI=1S/C19H19BrN2O4S/c1-3-26-19(25)16-14-7-8-22(11(2)23)10-15(14)27-18(16)21-17(24)12-5-4-6-13(20)9-12/h4-6,9H,3,7-8,10H2,1-2H3,(H,21,24). The molecule has 2 heterocycles. The number of nitrogens with one attached hydrogen (secondary N) is 1. The Morgan fingerprint density at radius 1 is 1.33 bits per heavy atom.